The molecule has 2 aliphatic rings. The molecule has 1 N–H and O–H groups in total. The second kappa shape index (κ2) is 6.55. The van der Waals surface area contributed by atoms with E-state index in [2.05, 4.69) is 38.0 Å². The molecule has 2 unspecified atom stereocenters. The number of nitrogens with zero attached hydrogens (tertiary/aromatic N) is 1. The summed E-state index contributed by atoms with van der Waals surface area (Å²) in [6, 6.07) is 1.47. The van der Waals surface area contributed by atoms with Gasteiger partial charge in [0.2, 0.25) is 0 Å². The van der Waals surface area contributed by atoms with Crippen LogP contribution in [0.15, 0.2) is 0 Å². The molecule has 2 atom stereocenters. The molecule has 1 heterocycles. The average Bonchev–Trinajstić information content (AvgIpc) is 3.06. The number of ether oxygens (including phenoxy) is 1. The number of rotatable bonds is 8. The molecule has 3 heteroatoms. The zero-order chi connectivity index (χ0) is 13.9. The van der Waals surface area contributed by atoms with Gasteiger partial charge in [0, 0.05) is 37.2 Å². The molecule has 1 saturated heterocycles. The van der Waals surface area contributed by atoms with Crippen LogP contribution in [-0.4, -0.2) is 50.3 Å². The van der Waals surface area contributed by atoms with Gasteiger partial charge in [-0.25, -0.2) is 0 Å². The van der Waals surface area contributed by atoms with Crippen LogP contribution in [0.5, 0.6) is 0 Å². The highest BCUT2D eigenvalue weighted by atomic mass is 16.5. The van der Waals surface area contributed by atoms with Crippen molar-refractivity contribution in [2.24, 2.45) is 11.3 Å². The molecule has 3 nitrogen and oxygen atoms in total. The van der Waals surface area contributed by atoms with Crippen LogP contribution in [0, 0.1) is 11.3 Å². The highest BCUT2D eigenvalue weighted by Gasteiger charge is 2.38. The molecule has 2 rings (SSSR count). The second-order valence-corrected chi connectivity index (χ2v) is 7.35. The number of hydrogen-bond donors (Lipinski definition) is 1. The van der Waals surface area contributed by atoms with Gasteiger partial charge in [-0.2, -0.15) is 0 Å². The maximum Gasteiger partial charge on any atom is 0.0547 e. The molecule has 0 radical (unpaired) electrons. The lowest BCUT2D eigenvalue weighted by Crippen LogP contribution is -2.46. The van der Waals surface area contributed by atoms with Gasteiger partial charge in [-0.1, -0.05) is 13.8 Å². The fraction of sp³-hybridized carbons (Fsp3) is 1.00. The van der Waals surface area contributed by atoms with Gasteiger partial charge in [-0.05, 0) is 45.6 Å². The van der Waals surface area contributed by atoms with E-state index in [0.29, 0.717) is 11.5 Å². The van der Waals surface area contributed by atoms with Gasteiger partial charge in [0.05, 0.1) is 6.61 Å². The molecule has 0 aromatic rings. The van der Waals surface area contributed by atoms with E-state index in [4.69, 9.17) is 4.74 Å². The lowest BCUT2D eigenvalue weighted by atomic mass is 9.85. The Balaban J connectivity index is 1.84. The van der Waals surface area contributed by atoms with Crippen molar-refractivity contribution in [1.29, 1.82) is 0 Å². The predicted molar refractivity (Wildman–Crippen MR) is 80.4 cm³/mol. The van der Waals surface area contributed by atoms with E-state index in [9.17, 15) is 0 Å². The van der Waals surface area contributed by atoms with Crippen molar-refractivity contribution < 1.29 is 4.74 Å². The van der Waals surface area contributed by atoms with Crippen LogP contribution < -0.4 is 5.32 Å². The minimum Gasteiger partial charge on any atom is -0.381 e. The summed E-state index contributed by atoms with van der Waals surface area (Å²) >= 11 is 0. The summed E-state index contributed by atoms with van der Waals surface area (Å²) in [4.78, 5) is 2.54. The molecule has 1 saturated carbocycles. The Kier molecular flexibility index (Phi) is 5.27. The molecule has 112 valence electrons. The van der Waals surface area contributed by atoms with Crippen molar-refractivity contribution in [3.63, 3.8) is 0 Å². The first-order valence-electron chi connectivity index (χ1n) is 8.02. The first-order chi connectivity index (χ1) is 9.01. The third-order valence-corrected chi connectivity index (χ3v) is 4.68. The Morgan fingerprint density at radius 3 is 2.58 bits per heavy atom. The third-order valence-electron chi connectivity index (χ3n) is 4.68. The lowest BCUT2D eigenvalue weighted by molar-refractivity contribution is 0.0987. The minimum atomic E-state index is 0.350. The summed E-state index contributed by atoms with van der Waals surface area (Å²) in [5, 5.41) is 3.72. The van der Waals surface area contributed by atoms with Crippen molar-refractivity contribution in [3.05, 3.63) is 0 Å². The Morgan fingerprint density at radius 2 is 2.05 bits per heavy atom. The zero-order valence-electron chi connectivity index (χ0n) is 13.2. The first-order valence-corrected chi connectivity index (χ1v) is 8.02. The van der Waals surface area contributed by atoms with Gasteiger partial charge < -0.3 is 15.0 Å². The molecule has 19 heavy (non-hydrogen) atoms. The topological polar surface area (TPSA) is 24.5 Å². The Morgan fingerprint density at radius 1 is 1.32 bits per heavy atom. The normalized spacial score (nSPS) is 29.4. The van der Waals surface area contributed by atoms with Gasteiger partial charge in [-0.15, -0.1) is 0 Å². The van der Waals surface area contributed by atoms with Crippen molar-refractivity contribution in [1.82, 2.24) is 10.2 Å². The Bertz CT molecular complexity index is 270. The maximum absolute atomic E-state index is 5.71. The standard InChI is InChI=1S/C16H32N2O/c1-13(2)9-14(3)18(4)11-16(7-8-19-12-16)10-17-15-5-6-15/h13-15,17H,5-12H2,1-4H3. The number of hydrogen-bond acceptors (Lipinski definition) is 3. The van der Waals surface area contributed by atoms with Crippen molar-refractivity contribution in [2.75, 3.05) is 33.4 Å². The van der Waals surface area contributed by atoms with Crippen LogP contribution >= 0.6 is 0 Å². The molecule has 0 amide bonds. The molecule has 0 aromatic heterocycles. The summed E-state index contributed by atoms with van der Waals surface area (Å²) < 4.78 is 5.71. The Labute approximate surface area is 119 Å². The van der Waals surface area contributed by atoms with Gasteiger partial charge in [0.25, 0.3) is 0 Å². The van der Waals surface area contributed by atoms with Gasteiger partial charge in [0.15, 0.2) is 0 Å². The summed E-state index contributed by atoms with van der Waals surface area (Å²) in [6.07, 6.45) is 5.24. The van der Waals surface area contributed by atoms with Gasteiger partial charge in [-0.3, -0.25) is 0 Å². The molecular weight excluding hydrogens is 236 g/mol. The highest BCUT2D eigenvalue weighted by molar-refractivity contribution is 4.92. The van der Waals surface area contributed by atoms with Gasteiger partial charge >= 0.3 is 0 Å². The monoisotopic (exact) mass is 268 g/mol. The molecule has 0 aromatic carbocycles. The van der Waals surface area contributed by atoms with E-state index in [-0.39, 0.29) is 0 Å². The van der Waals surface area contributed by atoms with E-state index >= 15 is 0 Å². The van der Waals surface area contributed by atoms with Crippen LogP contribution in [0.1, 0.15) is 46.5 Å². The fourth-order valence-corrected chi connectivity index (χ4v) is 3.16. The van der Waals surface area contributed by atoms with Crippen molar-refractivity contribution in [3.8, 4) is 0 Å². The van der Waals surface area contributed by atoms with Crippen LogP contribution in [0.4, 0.5) is 0 Å². The molecule has 1 aliphatic carbocycles. The van der Waals surface area contributed by atoms with Crippen LogP contribution in [0.25, 0.3) is 0 Å². The Hall–Kier alpha value is -0.120. The van der Waals surface area contributed by atoms with Crippen LogP contribution in [-0.2, 0) is 4.74 Å². The minimum absolute atomic E-state index is 0.350. The smallest absolute Gasteiger partial charge is 0.0547 e. The fourth-order valence-electron chi connectivity index (χ4n) is 3.16. The van der Waals surface area contributed by atoms with Crippen molar-refractivity contribution >= 4 is 0 Å². The van der Waals surface area contributed by atoms with E-state index in [1.807, 2.05) is 0 Å². The third kappa shape index (κ3) is 4.73. The summed E-state index contributed by atoms with van der Waals surface area (Å²) in [7, 11) is 2.28. The van der Waals surface area contributed by atoms with E-state index in [1.54, 1.807) is 0 Å². The quantitative estimate of drug-likeness (QED) is 0.732. The maximum atomic E-state index is 5.71. The summed E-state index contributed by atoms with van der Waals surface area (Å²) in [6.45, 7) is 11.2. The van der Waals surface area contributed by atoms with Gasteiger partial charge in [0.1, 0.15) is 0 Å². The van der Waals surface area contributed by atoms with E-state index in [1.165, 1.54) is 32.2 Å². The number of nitrogens with one attached hydrogen (secondary N) is 1. The van der Waals surface area contributed by atoms with E-state index in [0.717, 1.165) is 31.7 Å². The predicted octanol–water partition coefficient (Wildman–Crippen LogP) is 2.51. The molecular formula is C16H32N2O. The SMILES string of the molecule is CC(C)CC(C)N(C)CC1(CNC2CC2)CCOC1. The average molecular weight is 268 g/mol. The largest absolute Gasteiger partial charge is 0.381 e. The highest BCUT2D eigenvalue weighted by Crippen LogP contribution is 2.31. The first kappa shape index (κ1) is 15.3. The molecule has 0 spiro atoms. The summed E-state index contributed by atoms with van der Waals surface area (Å²) in [5.74, 6) is 0.776. The second-order valence-electron chi connectivity index (χ2n) is 7.35. The molecule has 2 fully saturated rings. The van der Waals surface area contributed by atoms with Crippen LogP contribution in [0.3, 0.4) is 0 Å². The summed E-state index contributed by atoms with van der Waals surface area (Å²) in [5.41, 5.74) is 0.350. The zero-order valence-corrected chi connectivity index (χ0v) is 13.2. The van der Waals surface area contributed by atoms with Crippen LogP contribution in [0.2, 0.25) is 0 Å². The molecule has 1 aliphatic heterocycles. The molecule has 0 bridgehead atoms. The lowest BCUT2D eigenvalue weighted by Gasteiger charge is -2.36. The van der Waals surface area contributed by atoms with Crippen molar-refractivity contribution in [2.45, 2.75) is 58.5 Å². The van der Waals surface area contributed by atoms with E-state index < -0.39 is 0 Å².